The standard InChI is InChI=1S/C47H59F3N8O6/c1-45(2,63)35-28-37-33(26-38(35)53-43(61)36-6-5-7-41(52-36)47(48,49)50)29-58(54-37)34-13-22-56(23-14-34)21-12-31-10-16-46(17-11-31)18-24-57(25-19-46)44(62)32-8-9-40(64-4)39(27-32)55(3)20-15-42(60)51-30-59/h5-9,26-31,34,63H,10-25H2,1-4H3,(H,53,61)(H,51,59,60). The number of fused-ring (bicyclic) bond motifs is 1. The number of halogens is 3. The Morgan fingerprint density at radius 3 is 2.36 bits per heavy atom. The second kappa shape index (κ2) is 19.3. The Labute approximate surface area is 371 Å². The molecule has 4 amide bonds. The Morgan fingerprint density at radius 2 is 1.70 bits per heavy atom. The van der Waals surface area contributed by atoms with Crippen LogP contribution in [-0.4, -0.2) is 107 Å². The molecule has 3 N–H and O–H groups in total. The summed E-state index contributed by atoms with van der Waals surface area (Å²) in [6.45, 7) is 7.92. The number of imide groups is 1. The van der Waals surface area contributed by atoms with Gasteiger partial charge in [0.25, 0.3) is 11.8 Å². The van der Waals surface area contributed by atoms with Crippen molar-refractivity contribution in [1.29, 1.82) is 0 Å². The van der Waals surface area contributed by atoms with Crippen molar-refractivity contribution < 1.29 is 42.2 Å². The summed E-state index contributed by atoms with van der Waals surface area (Å²) in [5.74, 6) is 0.0913. The molecule has 7 rings (SSSR count). The van der Waals surface area contributed by atoms with Crippen molar-refractivity contribution >= 4 is 46.4 Å². The molecule has 64 heavy (non-hydrogen) atoms. The van der Waals surface area contributed by atoms with Crippen LogP contribution < -0.4 is 20.3 Å². The monoisotopic (exact) mass is 888 g/mol. The number of pyridine rings is 1. The highest BCUT2D eigenvalue weighted by Gasteiger charge is 2.39. The fourth-order valence-corrected chi connectivity index (χ4v) is 9.66. The minimum absolute atomic E-state index is 0.00313. The van der Waals surface area contributed by atoms with Gasteiger partial charge in [-0.1, -0.05) is 6.07 Å². The average Bonchev–Trinajstić information content (AvgIpc) is 3.70. The van der Waals surface area contributed by atoms with E-state index in [0.29, 0.717) is 47.0 Å². The van der Waals surface area contributed by atoms with Crippen LogP contribution in [0, 0.1) is 11.3 Å². The summed E-state index contributed by atoms with van der Waals surface area (Å²) in [6, 6.07) is 12.2. The van der Waals surface area contributed by atoms with Crippen LogP contribution in [0.3, 0.4) is 0 Å². The highest BCUT2D eigenvalue weighted by atomic mass is 19.4. The van der Waals surface area contributed by atoms with E-state index in [9.17, 15) is 37.5 Å². The van der Waals surface area contributed by atoms with Crippen LogP contribution in [0.1, 0.15) is 116 Å². The summed E-state index contributed by atoms with van der Waals surface area (Å²) in [5.41, 5.74) is -0.0408. The number of ether oxygens (including phenoxy) is 1. The van der Waals surface area contributed by atoms with E-state index in [1.165, 1.54) is 31.7 Å². The van der Waals surface area contributed by atoms with Crippen LogP contribution in [0.2, 0.25) is 0 Å². The molecule has 344 valence electrons. The summed E-state index contributed by atoms with van der Waals surface area (Å²) >= 11 is 0. The largest absolute Gasteiger partial charge is 0.495 e. The molecule has 0 unspecified atom stereocenters. The van der Waals surface area contributed by atoms with Gasteiger partial charge in [0.1, 0.15) is 17.1 Å². The molecule has 2 aromatic carbocycles. The fraction of sp³-hybridized carbons (Fsp3) is 0.532. The van der Waals surface area contributed by atoms with Gasteiger partial charge in [-0.05, 0) is 132 Å². The molecule has 2 saturated heterocycles. The van der Waals surface area contributed by atoms with Crippen LogP contribution in [-0.2, 0) is 21.4 Å². The smallest absolute Gasteiger partial charge is 0.433 e. The Balaban J connectivity index is 0.872. The van der Waals surface area contributed by atoms with E-state index >= 15 is 0 Å². The maximum Gasteiger partial charge on any atom is 0.433 e. The lowest BCUT2D eigenvalue weighted by atomic mass is 9.65. The number of likely N-dealkylation sites (tertiary alicyclic amines) is 2. The molecular formula is C47H59F3N8O6. The van der Waals surface area contributed by atoms with Crippen LogP contribution in [0.15, 0.2) is 54.7 Å². The zero-order valence-corrected chi connectivity index (χ0v) is 37.0. The number of nitrogens with zero attached hydrogens (tertiary/aromatic N) is 6. The zero-order chi connectivity index (χ0) is 45.8. The van der Waals surface area contributed by atoms with E-state index in [1.807, 2.05) is 33.8 Å². The first-order valence-corrected chi connectivity index (χ1v) is 22.2. The molecule has 1 aliphatic carbocycles. The lowest BCUT2D eigenvalue weighted by molar-refractivity contribution is -0.141. The third kappa shape index (κ3) is 10.9. The quantitative estimate of drug-likeness (QED) is 0.111. The van der Waals surface area contributed by atoms with Gasteiger partial charge in [-0.25, -0.2) is 4.98 Å². The number of carbonyl (C=O) groups excluding carboxylic acids is 4. The van der Waals surface area contributed by atoms with Crippen LogP contribution in [0.5, 0.6) is 5.75 Å². The molecule has 0 atom stereocenters. The number of amides is 4. The third-order valence-electron chi connectivity index (χ3n) is 13.6. The van der Waals surface area contributed by atoms with E-state index in [-0.39, 0.29) is 41.1 Å². The van der Waals surface area contributed by atoms with Crippen molar-refractivity contribution in [3.05, 3.63) is 77.2 Å². The highest BCUT2D eigenvalue weighted by Crippen LogP contribution is 2.47. The summed E-state index contributed by atoms with van der Waals surface area (Å²) < 4.78 is 47.3. The number of rotatable bonds is 14. The first-order valence-electron chi connectivity index (χ1n) is 22.2. The number of hydrogen-bond acceptors (Lipinski definition) is 10. The Kier molecular flexibility index (Phi) is 14.0. The van der Waals surface area contributed by atoms with Gasteiger partial charge < -0.3 is 29.9 Å². The number of alkyl halides is 3. The van der Waals surface area contributed by atoms with Gasteiger partial charge in [0.15, 0.2) is 0 Å². The molecule has 2 aliphatic heterocycles. The van der Waals surface area contributed by atoms with Gasteiger partial charge in [0.05, 0.1) is 30.0 Å². The van der Waals surface area contributed by atoms with Crippen molar-refractivity contribution in [2.75, 3.05) is 63.6 Å². The van der Waals surface area contributed by atoms with Crippen molar-refractivity contribution in [2.24, 2.45) is 11.3 Å². The molecule has 1 saturated carbocycles. The lowest BCUT2D eigenvalue weighted by Crippen LogP contribution is -2.44. The Hall–Kier alpha value is -5.55. The average molecular weight is 889 g/mol. The molecule has 17 heteroatoms. The van der Waals surface area contributed by atoms with Crippen molar-refractivity contribution in [2.45, 2.75) is 95.9 Å². The number of nitrogens with one attached hydrogen (secondary N) is 2. The lowest BCUT2D eigenvalue weighted by Gasteiger charge is -2.46. The highest BCUT2D eigenvalue weighted by molar-refractivity contribution is 6.04. The first-order chi connectivity index (χ1) is 30.4. The van der Waals surface area contributed by atoms with Crippen molar-refractivity contribution in [3.63, 3.8) is 0 Å². The van der Waals surface area contributed by atoms with E-state index in [1.54, 1.807) is 45.2 Å². The second-order valence-corrected chi connectivity index (χ2v) is 18.3. The number of aliphatic hydroxyl groups is 1. The van der Waals surface area contributed by atoms with Crippen LogP contribution >= 0.6 is 0 Å². The zero-order valence-electron chi connectivity index (χ0n) is 37.0. The maximum atomic E-state index is 13.7. The molecule has 1 spiro atoms. The number of hydrogen-bond donors (Lipinski definition) is 3. The van der Waals surface area contributed by atoms with Gasteiger partial charge in [-0.3, -0.25) is 29.2 Å². The summed E-state index contributed by atoms with van der Waals surface area (Å²) in [4.78, 5) is 59.1. The fourth-order valence-electron chi connectivity index (χ4n) is 9.66. The van der Waals surface area contributed by atoms with Gasteiger partial charge in [-0.2, -0.15) is 18.3 Å². The number of piperidine rings is 2. The molecule has 0 bridgehead atoms. The number of anilines is 2. The van der Waals surface area contributed by atoms with Crippen LogP contribution in [0.25, 0.3) is 10.9 Å². The van der Waals surface area contributed by atoms with Crippen LogP contribution in [0.4, 0.5) is 24.5 Å². The molecule has 4 heterocycles. The number of benzene rings is 2. The predicted octanol–water partition coefficient (Wildman–Crippen LogP) is 7.18. The number of carbonyl (C=O) groups is 4. The van der Waals surface area contributed by atoms with E-state index < -0.39 is 23.4 Å². The van der Waals surface area contributed by atoms with E-state index in [0.717, 1.165) is 82.3 Å². The minimum Gasteiger partial charge on any atom is -0.495 e. The molecule has 2 aromatic heterocycles. The van der Waals surface area contributed by atoms with E-state index in [4.69, 9.17) is 9.84 Å². The van der Waals surface area contributed by atoms with Gasteiger partial charge in [0.2, 0.25) is 12.3 Å². The normalized spacial score (nSPS) is 17.7. The third-order valence-corrected chi connectivity index (χ3v) is 13.6. The summed E-state index contributed by atoms with van der Waals surface area (Å²) in [6.07, 6.45) is 7.54. The minimum atomic E-state index is -4.69. The molecule has 3 aliphatic rings. The molecule has 4 aromatic rings. The molecule has 0 radical (unpaired) electrons. The second-order valence-electron chi connectivity index (χ2n) is 18.3. The Bertz CT molecular complexity index is 2320. The number of aromatic nitrogens is 3. The molecule has 14 nitrogen and oxygen atoms in total. The van der Waals surface area contributed by atoms with Gasteiger partial charge in [0, 0.05) is 74.6 Å². The topological polar surface area (TPSA) is 162 Å². The number of methoxy groups -OCH3 is 1. The summed E-state index contributed by atoms with van der Waals surface area (Å²) in [5, 5.41) is 21.4. The van der Waals surface area contributed by atoms with Gasteiger partial charge in [-0.15, -0.1) is 0 Å². The SMILES string of the molecule is COc1ccc(C(=O)N2CCC3(CCC(CCN4CCC(n5cc6cc(NC(=O)c7cccc(C(F)(F)F)n7)c(C(C)(C)O)cc6n5)CC4)CC3)CC2)cc1N(C)CCC(=O)NC=O. The van der Waals surface area contributed by atoms with Crippen molar-refractivity contribution in [3.8, 4) is 5.75 Å². The summed E-state index contributed by atoms with van der Waals surface area (Å²) in [7, 11) is 3.39. The Morgan fingerprint density at radius 1 is 0.984 bits per heavy atom. The van der Waals surface area contributed by atoms with Crippen molar-refractivity contribution in [1.82, 2.24) is 29.9 Å². The molecular weight excluding hydrogens is 830 g/mol. The molecule has 3 fully saturated rings. The maximum absolute atomic E-state index is 13.7. The first kappa shape index (κ1) is 46.4. The van der Waals surface area contributed by atoms with E-state index in [2.05, 4.69) is 20.5 Å². The predicted molar refractivity (Wildman–Crippen MR) is 236 cm³/mol. The van der Waals surface area contributed by atoms with Gasteiger partial charge >= 0.3 is 6.18 Å².